The molecule has 7 nitrogen and oxygen atoms in total. The van der Waals surface area contributed by atoms with Crippen LogP contribution in [-0.2, 0) is 4.79 Å². The fourth-order valence-electron chi connectivity index (χ4n) is 2.54. The molecular weight excluding hydrogens is 376 g/mol. The highest BCUT2D eigenvalue weighted by Crippen LogP contribution is 2.29. The predicted octanol–water partition coefficient (Wildman–Crippen LogP) is 3.60. The number of carbonyl (C=O) groups is 2. The largest absolute Gasteiger partial charge is 0.495 e. The van der Waals surface area contributed by atoms with Gasteiger partial charge in [0.15, 0.2) is 10.9 Å². The van der Waals surface area contributed by atoms with E-state index in [1.54, 1.807) is 49.2 Å². The van der Waals surface area contributed by atoms with Crippen molar-refractivity contribution in [3.63, 3.8) is 0 Å². The maximum Gasteiger partial charge on any atom is 0.237 e. The van der Waals surface area contributed by atoms with E-state index in [-0.39, 0.29) is 11.7 Å². The summed E-state index contributed by atoms with van der Waals surface area (Å²) < 4.78 is 7.18. The Morgan fingerprint density at radius 1 is 1.14 bits per heavy atom. The van der Waals surface area contributed by atoms with Gasteiger partial charge in [0.2, 0.25) is 5.91 Å². The standard InChI is InChI=1S/C20H20N4O3S/c1-13(25)15-8-10-16(11-9-15)22-19(26)14(2)28-20-23-21-12-24(20)17-6-4-5-7-18(17)27-3/h4-12,14H,1-3H3,(H,22,26). The minimum absolute atomic E-state index is 0.0162. The van der Waals surface area contributed by atoms with Crippen LogP contribution in [0.4, 0.5) is 5.69 Å². The fraction of sp³-hybridized carbons (Fsp3) is 0.200. The first-order valence-electron chi connectivity index (χ1n) is 8.61. The Kier molecular flexibility index (Phi) is 6.10. The molecular formula is C20H20N4O3S. The van der Waals surface area contributed by atoms with E-state index >= 15 is 0 Å². The van der Waals surface area contributed by atoms with Crippen LogP contribution in [0, 0.1) is 0 Å². The topological polar surface area (TPSA) is 86.1 Å². The lowest BCUT2D eigenvalue weighted by molar-refractivity contribution is -0.115. The molecule has 1 atom stereocenters. The Balaban J connectivity index is 1.71. The van der Waals surface area contributed by atoms with Gasteiger partial charge in [-0.15, -0.1) is 10.2 Å². The summed E-state index contributed by atoms with van der Waals surface area (Å²) in [5, 5.41) is 11.1. The van der Waals surface area contributed by atoms with Crippen molar-refractivity contribution in [1.82, 2.24) is 14.8 Å². The van der Waals surface area contributed by atoms with Gasteiger partial charge in [0, 0.05) is 11.3 Å². The summed E-state index contributed by atoms with van der Waals surface area (Å²) in [6, 6.07) is 14.3. The van der Waals surface area contributed by atoms with E-state index in [4.69, 9.17) is 4.74 Å². The average molecular weight is 396 g/mol. The Labute approximate surface area is 167 Å². The second-order valence-corrected chi connectivity index (χ2v) is 7.35. The molecule has 3 rings (SSSR count). The van der Waals surface area contributed by atoms with Gasteiger partial charge in [0.05, 0.1) is 18.0 Å². The van der Waals surface area contributed by atoms with Crippen molar-refractivity contribution >= 4 is 29.1 Å². The van der Waals surface area contributed by atoms with Gasteiger partial charge in [-0.1, -0.05) is 23.9 Å². The number of benzene rings is 2. The van der Waals surface area contributed by atoms with Crippen molar-refractivity contribution in [3.8, 4) is 11.4 Å². The fourth-order valence-corrected chi connectivity index (χ4v) is 3.38. The number of hydrogen-bond donors (Lipinski definition) is 1. The number of rotatable bonds is 7. The van der Waals surface area contributed by atoms with Crippen LogP contribution in [0.2, 0.25) is 0 Å². The van der Waals surface area contributed by atoms with Crippen LogP contribution in [0.1, 0.15) is 24.2 Å². The SMILES string of the molecule is COc1ccccc1-n1cnnc1SC(C)C(=O)Nc1ccc(C(C)=O)cc1. The number of methoxy groups -OCH3 is 1. The molecule has 0 aliphatic heterocycles. The highest BCUT2D eigenvalue weighted by molar-refractivity contribution is 8.00. The predicted molar refractivity (Wildman–Crippen MR) is 108 cm³/mol. The number of para-hydroxylation sites is 2. The summed E-state index contributed by atoms with van der Waals surface area (Å²) in [6.45, 7) is 3.30. The second kappa shape index (κ2) is 8.71. The summed E-state index contributed by atoms with van der Waals surface area (Å²) in [6.07, 6.45) is 1.59. The Hall–Kier alpha value is -3.13. The van der Waals surface area contributed by atoms with E-state index in [1.165, 1.54) is 18.7 Å². The third kappa shape index (κ3) is 4.40. The molecule has 1 amide bonds. The van der Waals surface area contributed by atoms with Gasteiger partial charge >= 0.3 is 0 Å². The van der Waals surface area contributed by atoms with E-state index in [0.717, 1.165) is 5.69 Å². The molecule has 3 aromatic rings. The van der Waals surface area contributed by atoms with E-state index in [0.29, 0.717) is 22.2 Å². The van der Waals surface area contributed by atoms with Crippen molar-refractivity contribution in [2.75, 3.05) is 12.4 Å². The number of carbonyl (C=O) groups excluding carboxylic acids is 2. The van der Waals surface area contributed by atoms with Crippen molar-refractivity contribution in [2.24, 2.45) is 0 Å². The van der Waals surface area contributed by atoms with Gasteiger partial charge in [-0.25, -0.2) is 0 Å². The molecule has 0 saturated heterocycles. The zero-order chi connectivity index (χ0) is 20.1. The number of amides is 1. The number of nitrogens with one attached hydrogen (secondary N) is 1. The molecule has 0 fully saturated rings. The molecule has 0 radical (unpaired) electrons. The maximum atomic E-state index is 12.5. The maximum absolute atomic E-state index is 12.5. The van der Waals surface area contributed by atoms with Crippen LogP contribution in [-0.4, -0.2) is 38.8 Å². The van der Waals surface area contributed by atoms with Crippen LogP contribution >= 0.6 is 11.8 Å². The van der Waals surface area contributed by atoms with Crippen LogP contribution in [0.5, 0.6) is 5.75 Å². The van der Waals surface area contributed by atoms with Crippen molar-refractivity contribution < 1.29 is 14.3 Å². The van der Waals surface area contributed by atoms with E-state index in [1.807, 2.05) is 24.3 Å². The van der Waals surface area contributed by atoms with Crippen LogP contribution in [0.3, 0.4) is 0 Å². The Morgan fingerprint density at radius 2 is 1.86 bits per heavy atom. The molecule has 8 heteroatoms. The third-order valence-electron chi connectivity index (χ3n) is 4.07. The molecule has 1 N–H and O–H groups in total. The molecule has 0 bridgehead atoms. The van der Waals surface area contributed by atoms with Gasteiger partial charge in [-0.3, -0.25) is 14.2 Å². The van der Waals surface area contributed by atoms with Crippen molar-refractivity contribution in [2.45, 2.75) is 24.3 Å². The first-order valence-corrected chi connectivity index (χ1v) is 9.49. The van der Waals surface area contributed by atoms with Gasteiger partial charge in [0.1, 0.15) is 12.1 Å². The zero-order valence-corrected chi connectivity index (χ0v) is 16.6. The molecule has 2 aromatic carbocycles. The first-order chi connectivity index (χ1) is 13.5. The minimum atomic E-state index is -0.412. The lowest BCUT2D eigenvalue weighted by Crippen LogP contribution is -2.22. The average Bonchev–Trinajstić information content (AvgIpc) is 3.16. The molecule has 144 valence electrons. The lowest BCUT2D eigenvalue weighted by atomic mass is 10.1. The zero-order valence-electron chi connectivity index (χ0n) is 15.7. The van der Waals surface area contributed by atoms with Crippen LogP contribution in [0.25, 0.3) is 5.69 Å². The van der Waals surface area contributed by atoms with Gasteiger partial charge in [-0.2, -0.15) is 0 Å². The molecule has 0 saturated carbocycles. The van der Waals surface area contributed by atoms with Gasteiger partial charge < -0.3 is 10.1 Å². The van der Waals surface area contributed by atoms with Crippen molar-refractivity contribution in [1.29, 1.82) is 0 Å². The normalized spacial score (nSPS) is 11.7. The smallest absolute Gasteiger partial charge is 0.237 e. The molecule has 0 aliphatic carbocycles. The summed E-state index contributed by atoms with van der Waals surface area (Å²) in [4.78, 5) is 23.9. The number of hydrogen-bond acceptors (Lipinski definition) is 6. The monoisotopic (exact) mass is 396 g/mol. The van der Waals surface area contributed by atoms with Gasteiger partial charge in [-0.05, 0) is 50.2 Å². The van der Waals surface area contributed by atoms with Crippen LogP contribution in [0.15, 0.2) is 60.0 Å². The van der Waals surface area contributed by atoms with Crippen LogP contribution < -0.4 is 10.1 Å². The molecule has 28 heavy (non-hydrogen) atoms. The van der Waals surface area contributed by atoms with E-state index in [2.05, 4.69) is 15.5 Å². The molecule has 1 heterocycles. The number of ketones is 1. The van der Waals surface area contributed by atoms with E-state index in [9.17, 15) is 9.59 Å². The molecule has 0 spiro atoms. The summed E-state index contributed by atoms with van der Waals surface area (Å²) in [5.74, 6) is 0.499. The van der Waals surface area contributed by atoms with Crippen molar-refractivity contribution in [3.05, 3.63) is 60.4 Å². The minimum Gasteiger partial charge on any atom is -0.495 e. The molecule has 0 aliphatic rings. The Bertz CT molecular complexity index is 985. The summed E-state index contributed by atoms with van der Waals surface area (Å²) >= 11 is 1.29. The quantitative estimate of drug-likeness (QED) is 0.485. The number of nitrogens with zero attached hydrogens (tertiary/aromatic N) is 3. The highest BCUT2D eigenvalue weighted by atomic mass is 32.2. The Morgan fingerprint density at radius 3 is 2.54 bits per heavy atom. The lowest BCUT2D eigenvalue weighted by Gasteiger charge is -2.14. The van der Waals surface area contributed by atoms with E-state index < -0.39 is 5.25 Å². The molecule has 1 unspecified atom stereocenters. The summed E-state index contributed by atoms with van der Waals surface area (Å²) in [7, 11) is 1.60. The first kappa shape index (κ1) is 19.6. The second-order valence-electron chi connectivity index (χ2n) is 6.04. The summed E-state index contributed by atoms with van der Waals surface area (Å²) in [5.41, 5.74) is 2.03. The number of aromatic nitrogens is 3. The number of anilines is 1. The third-order valence-corrected chi connectivity index (χ3v) is 5.13. The number of thioether (sulfide) groups is 1. The van der Waals surface area contributed by atoms with Gasteiger partial charge in [0.25, 0.3) is 0 Å². The number of ether oxygens (including phenoxy) is 1. The number of Topliss-reactive ketones (excluding diaryl/α,β-unsaturated/α-hetero) is 1. The highest BCUT2D eigenvalue weighted by Gasteiger charge is 2.19. The molecule has 1 aromatic heterocycles.